The van der Waals surface area contributed by atoms with Gasteiger partial charge in [-0.05, 0) is 54.9 Å². The van der Waals surface area contributed by atoms with Crippen molar-refractivity contribution in [3.63, 3.8) is 0 Å². The van der Waals surface area contributed by atoms with Crippen molar-refractivity contribution in [1.82, 2.24) is 4.72 Å². The van der Waals surface area contributed by atoms with Crippen molar-refractivity contribution in [2.75, 3.05) is 0 Å². The lowest BCUT2D eigenvalue weighted by atomic mass is 9.71. The van der Waals surface area contributed by atoms with Crippen molar-refractivity contribution >= 4 is 26.0 Å². The molecule has 1 fully saturated rings. The van der Waals surface area contributed by atoms with Gasteiger partial charge < -0.3 is 0 Å². The molecule has 0 radical (unpaired) electrons. The van der Waals surface area contributed by atoms with Crippen LogP contribution in [0.2, 0.25) is 0 Å². The lowest BCUT2D eigenvalue weighted by Crippen LogP contribution is -2.42. The molecule has 1 aromatic carbocycles. The number of hydrogen-bond acceptors (Lipinski definition) is 2. The molecule has 5 heteroatoms. The van der Waals surface area contributed by atoms with Crippen molar-refractivity contribution in [2.45, 2.75) is 51.0 Å². The lowest BCUT2D eigenvalue weighted by Gasteiger charge is -2.39. The Morgan fingerprint density at radius 1 is 1.20 bits per heavy atom. The molecule has 1 aliphatic carbocycles. The summed E-state index contributed by atoms with van der Waals surface area (Å²) in [6.07, 6.45) is 2.97. The van der Waals surface area contributed by atoms with Gasteiger partial charge in [0.2, 0.25) is 10.0 Å². The second kappa shape index (κ2) is 5.78. The molecular weight excluding hydrogens is 338 g/mol. The number of nitrogens with one attached hydrogen (secondary N) is 1. The summed E-state index contributed by atoms with van der Waals surface area (Å²) in [4.78, 5) is 0.330. The van der Waals surface area contributed by atoms with E-state index >= 15 is 0 Å². The van der Waals surface area contributed by atoms with Gasteiger partial charge in [-0.1, -0.05) is 36.7 Å². The van der Waals surface area contributed by atoms with Crippen LogP contribution < -0.4 is 4.72 Å². The normalized spacial score (nSPS) is 26.4. The molecule has 1 saturated carbocycles. The first-order valence-corrected chi connectivity index (χ1v) is 9.23. The number of halogens is 1. The second-order valence-electron chi connectivity index (χ2n) is 6.69. The predicted molar refractivity (Wildman–Crippen MR) is 85.0 cm³/mol. The van der Waals surface area contributed by atoms with Crippen LogP contribution in [0.4, 0.5) is 0 Å². The summed E-state index contributed by atoms with van der Waals surface area (Å²) in [5.74, 6) is 0.552. The highest BCUT2D eigenvalue weighted by Crippen LogP contribution is 2.38. The monoisotopic (exact) mass is 359 g/mol. The zero-order valence-electron chi connectivity index (χ0n) is 12.2. The predicted octanol–water partition coefficient (Wildman–Crippen LogP) is 3.94. The molecule has 2 atom stereocenters. The topological polar surface area (TPSA) is 46.2 Å². The summed E-state index contributed by atoms with van der Waals surface area (Å²) in [6, 6.07) is 6.79. The summed E-state index contributed by atoms with van der Waals surface area (Å²) >= 11 is 3.32. The van der Waals surface area contributed by atoms with E-state index in [1.165, 1.54) is 0 Å². The third-order valence-electron chi connectivity index (χ3n) is 3.83. The van der Waals surface area contributed by atoms with E-state index in [0.29, 0.717) is 10.8 Å². The van der Waals surface area contributed by atoms with Crippen LogP contribution >= 0.6 is 15.9 Å². The summed E-state index contributed by atoms with van der Waals surface area (Å²) < 4.78 is 28.6. The van der Waals surface area contributed by atoms with Gasteiger partial charge in [-0.2, -0.15) is 0 Å². The largest absolute Gasteiger partial charge is 0.240 e. The minimum atomic E-state index is -3.42. The van der Waals surface area contributed by atoms with Gasteiger partial charge in [-0.15, -0.1) is 0 Å². The van der Waals surface area contributed by atoms with Gasteiger partial charge in [0.05, 0.1) is 4.90 Å². The summed E-state index contributed by atoms with van der Waals surface area (Å²) in [6.45, 7) is 6.62. The van der Waals surface area contributed by atoms with E-state index < -0.39 is 10.0 Å². The molecule has 0 aliphatic heterocycles. The molecule has 2 unspecified atom stereocenters. The molecule has 3 nitrogen and oxygen atoms in total. The van der Waals surface area contributed by atoms with Crippen LogP contribution in [0.25, 0.3) is 0 Å². The van der Waals surface area contributed by atoms with Crippen molar-refractivity contribution in [3.05, 3.63) is 28.7 Å². The highest BCUT2D eigenvalue weighted by atomic mass is 79.9. The fourth-order valence-corrected chi connectivity index (χ4v) is 4.85. The van der Waals surface area contributed by atoms with E-state index in [1.807, 2.05) is 0 Å². The van der Waals surface area contributed by atoms with Crippen molar-refractivity contribution in [2.24, 2.45) is 11.3 Å². The van der Waals surface area contributed by atoms with E-state index in [-0.39, 0.29) is 11.5 Å². The average Bonchev–Trinajstić information content (AvgIpc) is 2.25. The molecule has 2 rings (SSSR count). The van der Waals surface area contributed by atoms with Crippen LogP contribution in [0.5, 0.6) is 0 Å². The molecule has 0 heterocycles. The van der Waals surface area contributed by atoms with Gasteiger partial charge in [0, 0.05) is 10.5 Å². The highest BCUT2D eigenvalue weighted by molar-refractivity contribution is 9.10. The molecule has 0 bridgehead atoms. The maximum absolute atomic E-state index is 12.4. The minimum absolute atomic E-state index is 0.0300. The van der Waals surface area contributed by atoms with Gasteiger partial charge in [-0.25, -0.2) is 13.1 Å². The lowest BCUT2D eigenvalue weighted by molar-refractivity contribution is 0.163. The van der Waals surface area contributed by atoms with Crippen LogP contribution in [-0.2, 0) is 10.0 Å². The zero-order chi connectivity index (χ0) is 15.0. The van der Waals surface area contributed by atoms with Crippen LogP contribution in [0.15, 0.2) is 33.6 Å². The number of rotatable bonds is 3. The van der Waals surface area contributed by atoms with Gasteiger partial charge in [0.25, 0.3) is 0 Å². The fraction of sp³-hybridized carbons (Fsp3) is 0.600. The maximum Gasteiger partial charge on any atom is 0.240 e. The first-order valence-electron chi connectivity index (χ1n) is 6.96. The van der Waals surface area contributed by atoms with E-state index in [1.54, 1.807) is 24.3 Å². The van der Waals surface area contributed by atoms with Crippen LogP contribution in [0.3, 0.4) is 0 Å². The molecule has 1 N–H and O–H groups in total. The fourth-order valence-electron chi connectivity index (χ4n) is 3.34. The Morgan fingerprint density at radius 3 is 2.35 bits per heavy atom. The first kappa shape index (κ1) is 16.0. The standard InChI is InChI=1S/C15H22BrNO2S/c1-11-8-13(10-15(2,3)9-11)17-20(18,19)14-6-4-12(16)5-7-14/h4-7,11,13,17H,8-10H2,1-3H3. The number of hydrogen-bond donors (Lipinski definition) is 1. The second-order valence-corrected chi connectivity index (χ2v) is 9.32. The number of benzene rings is 1. The van der Waals surface area contributed by atoms with Crippen molar-refractivity contribution in [1.29, 1.82) is 0 Å². The van der Waals surface area contributed by atoms with Gasteiger partial charge in [0.1, 0.15) is 0 Å². The molecule has 0 saturated heterocycles. The molecular formula is C15H22BrNO2S. The summed E-state index contributed by atoms with van der Waals surface area (Å²) in [5, 5.41) is 0. The Hall–Kier alpha value is -0.390. The molecule has 112 valence electrons. The molecule has 0 amide bonds. The van der Waals surface area contributed by atoms with Gasteiger partial charge >= 0.3 is 0 Å². The smallest absolute Gasteiger partial charge is 0.208 e. The first-order chi connectivity index (χ1) is 9.18. The third kappa shape index (κ3) is 4.06. The quantitative estimate of drug-likeness (QED) is 0.887. The highest BCUT2D eigenvalue weighted by Gasteiger charge is 2.34. The molecule has 1 aromatic rings. The average molecular weight is 360 g/mol. The Morgan fingerprint density at radius 2 is 1.80 bits per heavy atom. The molecule has 20 heavy (non-hydrogen) atoms. The van der Waals surface area contributed by atoms with E-state index in [9.17, 15) is 8.42 Å². The van der Waals surface area contributed by atoms with Gasteiger partial charge in [-0.3, -0.25) is 0 Å². The van der Waals surface area contributed by atoms with Crippen molar-refractivity contribution < 1.29 is 8.42 Å². The third-order valence-corrected chi connectivity index (χ3v) is 5.90. The van der Waals surface area contributed by atoms with Crippen LogP contribution in [0.1, 0.15) is 40.0 Å². The molecule has 0 spiro atoms. The Labute approximate surface area is 130 Å². The van der Waals surface area contributed by atoms with E-state index in [4.69, 9.17) is 0 Å². The Kier molecular flexibility index (Phi) is 4.62. The minimum Gasteiger partial charge on any atom is -0.208 e. The Bertz CT molecular complexity index is 566. The molecule has 1 aliphatic rings. The van der Waals surface area contributed by atoms with Crippen LogP contribution in [0, 0.1) is 11.3 Å². The number of sulfonamides is 1. The zero-order valence-corrected chi connectivity index (χ0v) is 14.6. The Balaban J connectivity index is 2.14. The summed E-state index contributed by atoms with van der Waals surface area (Å²) in [5.41, 5.74) is 0.199. The SMILES string of the molecule is CC1CC(NS(=O)(=O)c2ccc(Br)cc2)CC(C)(C)C1. The summed E-state index contributed by atoms with van der Waals surface area (Å²) in [7, 11) is -3.42. The van der Waals surface area contributed by atoms with Gasteiger partial charge in [0.15, 0.2) is 0 Å². The van der Waals surface area contributed by atoms with Crippen molar-refractivity contribution in [3.8, 4) is 0 Å². The van der Waals surface area contributed by atoms with E-state index in [2.05, 4.69) is 41.4 Å². The van der Waals surface area contributed by atoms with E-state index in [0.717, 1.165) is 23.7 Å². The molecule has 0 aromatic heterocycles. The van der Waals surface area contributed by atoms with Crippen LogP contribution in [-0.4, -0.2) is 14.5 Å². The maximum atomic E-state index is 12.4.